The molecule has 0 unspecified atom stereocenters. The first-order chi connectivity index (χ1) is 11.8. The van der Waals surface area contributed by atoms with E-state index in [1.807, 2.05) is 18.2 Å². The van der Waals surface area contributed by atoms with Crippen LogP contribution in [-0.2, 0) is 17.6 Å². The van der Waals surface area contributed by atoms with Gasteiger partial charge in [-0.3, -0.25) is 4.79 Å². The predicted octanol–water partition coefficient (Wildman–Crippen LogP) is 3.88. The van der Waals surface area contributed by atoms with E-state index < -0.39 is 6.36 Å². The van der Waals surface area contributed by atoms with Crippen LogP contribution in [0.3, 0.4) is 0 Å². The molecule has 4 nitrogen and oxygen atoms in total. The lowest BCUT2D eigenvalue weighted by molar-refractivity contribution is -0.274. The molecule has 0 aliphatic heterocycles. The van der Waals surface area contributed by atoms with Crippen molar-refractivity contribution in [2.75, 3.05) is 12.3 Å². The average molecular weight is 389 g/mol. The fourth-order valence-corrected chi connectivity index (χ4v) is 2.37. The van der Waals surface area contributed by atoms with Gasteiger partial charge in [0.25, 0.3) is 0 Å². The first-order valence-electron chi connectivity index (χ1n) is 7.79. The number of halogens is 4. The van der Waals surface area contributed by atoms with Crippen molar-refractivity contribution in [3.8, 4) is 5.75 Å². The van der Waals surface area contributed by atoms with Gasteiger partial charge < -0.3 is 15.8 Å². The van der Waals surface area contributed by atoms with Gasteiger partial charge in [0.1, 0.15) is 5.75 Å². The summed E-state index contributed by atoms with van der Waals surface area (Å²) in [6.45, 7) is 0.224. The summed E-state index contributed by atoms with van der Waals surface area (Å²) in [6, 6.07) is 13.2. The van der Waals surface area contributed by atoms with Gasteiger partial charge >= 0.3 is 6.36 Å². The number of benzene rings is 2. The molecule has 0 saturated heterocycles. The summed E-state index contributed by atoms with van der Waals surface area (Å²) in [7, 11) is 0. The third-order valence-corrected chi connectivity index (χ3v) is 3.59. The van der Waals surface area contributed by atoms with E-state index in [-0.39, 0.29) is 43.5 Å². The molecule has 8 heteroatoms. The fraction of sp³-hybridized carbons (Fsp3) is 0.278. The maximum atomic E-state index is 12.4. The molecule has 0 radical (unpaired) electrons. The zero-order valence-electron chi connectivity index (χ0n) is 13.9. The van der Waals surface area contributed by atoms with Crippen molar-refractivity contribution in [2.45, 2.75) is 25.6 Å². The number of nitrogens with one attached hydrogen (secondary N) is 1. The van der Waals surface area contributed by atoms with Crippen molar-refractivity contribution in [2.24, 2.45) is 0 Å². The number of hydrogen-bond donors (Lipinski definition) is 2. The summed E-state index contributed by atoms with van der Waals surface area (Å²) in [5.41, 5.74) is 7.72. The molecular formula is C18H20ClF3N2O2. The lowest BCUT2D eigenvalue weighted by Gasteiger charge is -2.13. The molecule has 0 aliphatic carbocycles. The minimum absolute atomic E-state index is 0. The number of ether oxygens (including phenoxy) is 1. The van der Waals surface area contributed by atoms with Crippen LogP contribution in [0, 0.1) is 0 Å². The minimum atomic E-state index is -4.74. The topological polar surface area (TPSA) is 64.4 Å². The molecule has 0 fully saturated rings. The van der Waals surface area contributed by atoms with Crippen LogP contribution in [0.1, 0.15) is 17.5 Å². The number of aryl methyl sites for hydroxylation is 1. The number of carbonyl (C=O) groups excluding carboxylic acids is 1. The second kappa shape index (κ2) is 9.91. The Labute approximate surface area is 155 Å². The number of para-hydroxylation sites is 2. The highest BCUT2D eigenvalue weighted by atomic mass is 35.5. The summed E-state index contributed by atoms with van der Waals surface area (Å²) in [5.74, 6) is -0.432. The van der Waals surface area contributed by atoms with E-state index in [1.54, 1.807) is 12.1 Å². The van der Waals surface area contributed by atoms with Crippen molar-refractivity contribution < 1.29 is 22.7 Å². The van der Waals surface area contributed by atoms with Crippen LogP contribution in [0.5, 0.6) is 5.75 Å². The molecule has 0 bridgehead atoms. The van der Waals surface area contributed by atoms with Gasteiger partial charge in [0.05, 0.1) is 0 Å². The molecule has 142 valence electrons. The SMILES string of the molecule is Cl.Nc1ccccc1CCC(=O)NCCc1ccccc1OC(F)(F)F. The van der Waals surface area contributed by atoms with E-state index >= 15 is 0 Å². The van der Waals surface area contributed by atoms with Gasteiger partial charge in [0.15, 0.2) is 0 Å². The zero-order chi connectivity index (χ0) is 18.3. The average Bonchev–Trinajstić information content (AvgIpc) is 2.54. The van der Waals surface area contributed by atoms with E-state index in [0.717, 1.165) is 5.56 Å². The van der Waals surface area contributed by atoms with Crippen LogP contribution in [0.25, 0.3) is 0 Å². The number of alkyl halides is 3. The van der Waals surface area contributed by atoms with E-state index in [0.29, 0.717) is 17.7 Å². The lowest BCUT2D eigenvalue weighted by Crippen LogP contribution is -2.26. The van der Waals surface area contributed by atoms with Gasteiger partial charge in [0, 0.05) is 18.7 Å². The molecule has 0 saturated carbocycles. The Bertz CT molecular complexity index is 724. The number of hydrogen-bond acceptors (Lipinski definition) is 3. The molecule has 0 atom stereocenters. The van der Waals surface area contributed by atoms with Gasteiger partial charge in [0.2, 0.25) is 5.91 Å². The van der Waals surface area contributed by atoms with Crippen molar-refractivity contribution in [3.05, 3.63) is 59.7 Å². The highest BCUT2D eigenvalue weighted by Crippen LogP contribution is 2.26. The van der Waals surface area contributed by atoms with Gasteiger partial charge in [-0.2, -0.15) is 0 Å². The number of nitrogens with two attached hydrogens (primary N) is 1. The van der Waals surface area contributed by atoms with Crippen molar-refractivity contribution in [1.82, 2.24) is 5.32 Å². The molecule has 0 spiro atoms. The van der Waals surface area contributed by atoms with Crippen LogP contribution in [0.4, 0.5) is 18.9 Å². The van der Waals surface area contributed by atoms with E-state index in [4.69, 9.17) is 5.73 Å². The van der Waals surface area contributed by atoms with Crippen LogP contribution < -0.4 is 15.8 Å². The van der Waals surface area contributed by atoms with Crippen molar-refractivity contribution in [3.63, 3.8) is 0 Å². The fourth-order valence-electron chi connectivity index (χ4n) is 2.37. The number of anilines is 1. The van der Waals surface area contributed by atoms with E-state index in [9.17, 15) is 18.0 Å². The Morgan fingerprint density at radius 2 is 1.62 bits per heavy atom. The first kappa shape index (κ1) is 21.6. The molecule has 2 rings (SSSR count). The number of nitrogen functional groups attached to an aromatic ring is 1. The summed E-state index contributed by atoms with van der Waals surface area (Å²) in [4.78, 5) is 11.9. The zero-order valence-corrected chi connectivity index (χ0v) is 14.7. The Morgan fingerprint density at radius 3 is 2.27 bits per heavy atom. The minimum Gasteiger partial charge on any atom is -0.406 e. The van der Waals surface area contributed by atoms with Gasteiger partial charge in [-0.15, -0.1) is 25.6 Å². The molecule has 0 aliphatic rings. The summed E-state index contributed by atoms with van der Waals surface area (Å²) < 4.78 is 41.1. The molecule has 0 aromatic heterocycles. The Balaban J connectivity index is 0.00000338. The van der Waals surface area contributed by atoms with E-state index in [1.165, 1.54) is 18.2 Å². The van der Waals surface area contributed by atoms with Gasteiger partial charge in [-0.1, -0.05) is 36.4 Å². The molecule has 26 heavy (non-hydrogen) atoms. The van der Waals surface area contributed by atoms with Crippen LogP contribution in [-0.4, -0.2) is 18.8 Å². The van der Waals surface area contributed by atoms with E-state index in [2.05, 4.69) is 10.1 Å². The predicted molar refractivity (Wildman–Crippen MR) is 96.3 cm³/mol. The molecule has 1 amide bonds. The smallest absolute Gasteiger partial charge is 0.406 e. The van der Waals surface area contributed by atoms with Crippen LogP contribution >= 0.6 is 12.4 Å². The number of carbonyl (C=O) groups is 1. The Morgan fingerprint density at radius 1 is 1.00 bits per heavy atom. The second-order valence-electron chi connectivity index (χ2n) is 5.45. The van der Waals surface area contributed by atoms with Crippen molar-refractivity contribution >= 4 is 24.0 Å². The molecular weight excluding hydrogens is 369 g/mol. The largest absolute Gasteiger partial charge is 0.573 e. The molecule has 2 aromatic rings. The molecule has 2 aromatic carbocycles. The highest BCUT2D eigenvalue weighted by Gasteiger charge is 2.31. The third-order valence-electron chi connectivity index (χ3n) is 3.59. The van der Waals surface area contributed by atoms with Crippen LogP contribution in [0.15, 0.2) is 48.5 Å². The lowest BCUT2D eigenvalue weighted by atomic mass is 10.1. The normalized spacial score (nSPS) is 10.7. The Kier molecular flexibility index (Phi) is 8.25. The quantitative estimate of drug-likeness (QED) is 0.707. The van der Waals surface area contributed by atoms with Gasteiger partial charge in [-0.05, 0) is 36.1 Å². The summed E-state index contributed by atoms with van der Waals surface area (Å²) in [6.07, 6.45) is -3.73. The monoisotopic (exact) mass is 388 g/mol. The Hall–Kier alpha value is -2.41. The highest BCUT2D eigenvalue weighted by molar-refractivity contribution is 5.85. The van der Waals surface area contributed by atoms with Gasteiger partial charge in [-0.25, -0.2) is 0 Å². The summed E-state index contributed by atoms with van der Waals surface area (Å²) in [5, 5.41) is 2.69. The third kappa shape index (κ3) is 7.23. The van der Waals surface area contributed by atoms with Crippen LogP contribution in [0.2, 0.25) is 0 Å². The molecule has 0 heterocycles. The summed E-state index contributed by atoms with van der Waals surface area (Å²) >= 11 is 0. The maximum Gasteiger partial charge on any atom is 0.573 e. The number of rotatable bonds is 7. The van der Waals surface area contributed by atoms with Crippen molar-refractivity contribution in [1.29, 1.82) is 0 Å². The second-order valence-corrected chi connectivity index (χ2v) is 5.45. The maximum absolute atomic E-state index is 12.4. The molecule has 3 N–H and O–H groups in total. The first-order valence-corrected chi connectivity index (χ1v) is 7.79. The standard InChI is InChI=1S/C18H19F3N2O2.ClH/c19-18(20,21)25-16-8-4-2-6-14(16)11-12-23-17(24)10-9-13-5-1-3-7-15(13)22;/h1-8H,9-12,22H2,(H,23,24);1H. The number of amides is 1.